The maximum absolute atomic E-state index is 13.6. The minimum Gasteiger partial charge on any atom is -0.441 e. The van der Waals surface area contributed by atoms with Gasteiger partial charge in [-0.1, -0.05) is 30.3 Å². The summed E-state index contributed by atoms with van der Waals surface area (Å²) in [6.07, 6.45) is -4.68. The fourth-order valence-electron chi connectivity index (χ4n) is 3.61. The largest absolute Gasteiger partial charge is 0.441 e. The number of fused-ring (bicyclic) bond motifs is 3. The Kier molecular flexibility index (Phi) is 3.96. The summed E-state index contributed by atoms with van der Waals surface area (Å²) in [5.41, 5.74) is -1.50. The third-order valence-electron chi connectivity index (χ3n) is 4.79. The maximum atomic E-state index is 13.6. The number of ether oxygens (including phenoxy) is 1. The molecule has 3 aromatic rings. The number of hydrogen-bond donors (Lipinski definition) is 2. The smallest absolute Gasteiger partial charge is 0.416 e. The highest BCUT2D eigenvalue weighted by Gasteiger charge is 2.44. The van der Waals surface area contributed by atoms with E-state index >= 15 is 0 Å². The van der Waals surface area contributed by atoms with Crippen molar-refractivity contribution >= 4 is 16.8 Å². The summed E-state index contributed by atoms with van der Waals surface area (Å²) in [7, 11) is 0. The first-order valence-electron chi connectivity index (χ1n) is 8.30. The normalized spacial score (nSPS) is 19.0. The Morgan fingerprint density at radius 3 is 2.50 bits per heavy atom. The van der Waals surface area contributed by atoms with Crippen LogP contribution < -0.4 is 10.3 Å². The number of nitriles is 1. The van der Waals surface area contributed by atoms with E-state index in [2.05, 4.69) is 4.98 Å². The Bertz CT molecular complexity index is 1210. The number of hydrogen-bond acceptors (Lipinski definition) is 4. The van der Waals surface area contributed by atoms with E-state index in [1.54, 1.807) is 24.3 Å². The van der Waals surface area contributed by atoms with Crippen molar-refractivity contribution in [1.82, 2.24) is 4.98 Å². The van der Waals surface area contributed by atoms with Crippen molar-refractivity contribution in [3.05, 3.63) is 75.6 Å². The van der Waals surface area contributed by atoms with Gasteiger partial charge < -0.3 is 9.72 Å². The summed E-state index contributed by atoms with van der Waals surface area (Å²) in [6.45, 7) is 0. The van der Waals surface area contributed by atoms with Crippen LogP contribution in [0, 0.1) is 22.7 Å². The summed E-state index contributed by atoms with van der Waals surface area (Å²) in [5, 5.41) is 18.1. The Balaban J connectivity index is 2.10. The molecule has 5 nitrogen and oxygen atoms in total. The molecule has 140 valence electrons. The number of nitrogens with zero attached hydrogens (tertiary/aromatic N) is 1. The van der Waals surface area contributed by atoms with Crippen LogP contribution in [0.25, 0.3) is 10.9 Å². The zero-order chi connectivity index (χ0) is 20.1. The standard InChI is InChI=1S/C20H12F3N3O2/c21-20(22,23)13-7-3-1-5-10(13)15-12(9-24)18(25)28-17-11-6-2-4-8-14(11)26-19(27)16(15)17/h1-8,12,15,25H,(H,26,27). The molecule has 0 aliphatic carbocycles. The molecule has 4 rings (SSSR count). The van der Waals surface area contributed by atoms with Crippen LogP contribution in [-0.4, -0.2) is 10.9 Å². The molecule has 0 amide bonds. The molecule has 0 saturated heterocycles. The number of alkyl halides is 3. The lowest BCUT2D eigenvalue weighted by atomic mass is 9.77. The molecular weight excluding hydrogens is 371 g/mol. The van der Waals surface area contributed by atoms with Gasteiger partial charge in [-0.25, -0.2) is 0 Å². The number of aromatic nitrogens is 1. The van der Waals surface area contributed by atoms with Crippen LogP contribution >= 0.6 is 0 Å². The summed E-state index contributed by atoms with van der Waals surface area (Å²) in [6, 6.07) is 13.2. The zero-order valence-corrected chi connectivity index (χ0v) is 14.2. The monoisotopic (exact) mass is 383 g/mol. The molecule has 2 atom stereocenters. The van der Waals surface area contributed by atoms with Gasteiger partial charge >= 0.3 is 6.18 Å². The van der Waals surface area contributed by atoms with E-state index in [-0.39, 0.29) is 16.9 Å². The average Bonchev–Trinajstić information content (AvgIpc) is 2.66. The number of benzene rings is 2. The van der Waals surface area contributed by atoms with Crippen LogP contribution in [-0.2, 0) is 6.18 Å². The number of pyridine rings is 1. The number of H-pyrrole nitrogens is 1. The summed E-state index contributed by atoms with van der Waals surface area (Å²) >= 11 is 0. The zero-order valence-electron chi connectivity index (χ0n) is 14.2. The number of aromatic amines is 1. The number of para-hydroxylation sites is 1. The van der Waals surface area contributed by atoms with E-state index in [0.717, 1.165) is 6.07 Å². The first kappa shape index (κ1) is 17.8. The second-order valence-corrected chi connectivity index (χ2v) is 6.38. The Hall–Kier alpha value is -3.60. The lowest BCUT2D eigenvalue weighted by molar-refractivity contribution is -0.138. The molecule has 0 fully saturated rings. The van der Waals surface area contributed by atoms with Crippen LogP contribution in [0.2, 0.25) is 0 Å². The van der Waals surface area contributed by atoms with E-state index < -0.39 is 35.0 Å². The second-order valence-electron chi connectivity index (χ2n) is 6.38. The molecule has 1 aliphatic rings. The van der Waals surface area contributed by atoms with Gasteiger partial charge in [0.05, 0.1) is 22.7 Å². The molecule has 8 heteroatoms. The quantitative estimate of drug-likeness (QED) is 0.660. The molecule has 0 spiro atoms. The van der Waals surface area contributed by atoms with Gasteiger partial charge in [0, 0.05) is 11.3 Å². The summed E-state index contributed by atoms with van der Waals surface area (Å²) < 4.78 is 46.3. The fourth-order valence-corrected chi connectivity index (χ4v) is 3.61. The molecule has 0 radical (unpaired) electrons. The third kappa shape index (κ3) is 2.63. The van der Waals surface area contributed by atoms with Crippen molar-refractivity contribution in [2.45, 2.75) is 12.1 Å². The molecule has 28 heavy (non-hydrogen) atoms. The highest BCUT2D eigenvalue weighted by molar-refractivity contribution is 5.93. The predicted molar refractivity (Wildman–Crippen MR) is 95.3 cm³/mol. The average molecular weight is 383 g/mol. The maximum Gasteiger partial charge on any atom is 0.416 e. The minimum absolute atomic E-state index is 0.0119. The first-order valence-corrected chi connectivity index (χ1v) is 8.30. The minimum atomic E-state index is -4.68. The second kappa shape index (κ2) is 6.23. The van der Waals surface area contributed by atoms with E-state index in [1.165, 1.54) is 18.2 Å². The number of halogens is 3. The molecule has 2 aromatic carbocycles. The lowest BCUT2D eigenvalue weighted by Gasteiger charge is -2.31. The van der Waals surface area contributed by atoms with Crippen LogP contribution in [0.1, 0.15) is 22.6 Å². The van der Waals surface area contributed by atoms with Crippen LogP contribution in [0.4, 0.5) is 13.2 Å². The van der Waals surface area contributed by atoms with E-state index in [0.29, 0.717) is 10.9 Å². The van der Waals surface area contributed by atoms with Crippen LogP contribution in [0.3, 0.4) is 0 Å². The van der Waals surface area contributed by atoms with E-state index in [1.807, 2.05) is 6.07 Å². The van der Waals surface area contributed by atoms with Gasteiger partial charge in [-0.15, -0.1) is 0 Å². The summed E-state index contributed by atoms with van der Waals surface area (Å²) in [4.78, 5) is 15.4. The van der Waals surface area contributed by atoms with Crippen LogP contribution in [0.15, 0.2) is 53.3 Å². The van der Waals surface area contributed by atoms with E-state index in [4.69, 9.17) is 10.1 Å². The molecule has 2 heterocycles. The van der Waals surface area contributed by atoms with Gasteiger partial charge in [0.25, 0.3) is 5.56 Å². The van der Waals surface area contributed by atoms with Gasteiger partial charge in [0.2, 0.25) is 5.90 Å². The topological polar surface area (TPSA) is 89.7 Å². The fraction of sp³-hybridized carbons (Fsp3) is 0.150. The highest BCUT2D eigenvalue weighted by atomic mass is 19.4. The van der Waals surface area contributed by atoms with Crippen LogP contribution in [0.5, 0.6) is 5.75 Å². The lowest BCUT2D eigenvalue weighted by Crippen LogP contribution is -2.36. The summed E-state index contributed by atoms with van der Waals surface area (Å²) in [5.74, 6) is -3.13. The van der Waals surface area contributed by atoms with Crippen molar-refractivity contribution in [3.8, 4) is 11.8 Å². The van der Waals surface area contributed by atoms with Gasteiger partial charge in [0.1, 0.15) is 11.7 Å². The van der Waals surface area contributed by atoms with Gasteiger partial charge in [-0.05, 0) is 23.8 Å². The highest BCUT2D eigenvalue weighted by Crippen LogP contribution is 2.46. The molecular formula is C20H12F3N3O2. The van der Waals surface area contributed by atoms with Gasteiger partial charge in [0.15, 0.2) is 0 Å². The number of rotatable bonds is 1. The SMILES string of the molecule is N#CC1C(=N)Oc2c(c(=O)[nH]c3ccccc23)C1c1ccccc1C(F)(F)F. The van der Waals surface area contributed by atoms with Gasteiger partial charge in [-0.2, -0.15) is 18.4 Å². The first-order chi connectivity index (χ1) is 13.3. The van der Waals surface area contributed by atoms with E-state index in [9.17, 15) is 23.2 Å². The molecule has 0 saturated carbocycles. The Morgan fingerprint density at radius 2 is 1.79 bits per heavy atom. The van der Waals surface area contributed by atoms with Gasteiger partial charge in [-0.3, -0.25) is 10.2 Å². The molecule has 2 unspecified atom stereocenters. The predicted octanol–water partition coefficient (Wildman–Crippen LogP) is 4.19. The number of nitrogens with one attached hydrogen (secondary N) is 2. The Labute approximate surface area is 156 Å². The van der Waals surface area contributed by atoms with Crippen molar-refractivity contribution in [2.75, 3.05) is 0 Å². The molecule has 2 N–H and O–H groups in total. The third-order valence-corrected chi connectivity index (χ3v) is 4.79. The molecule has 1 aromatic heterocycles. The van der Waals surface area contributed by atoms with Crippen molar-refractivity contribution in [1.29, 1.82) is 10.7 Å². The van der Waals surface area contributed by atoms with Crippen molar-refractivity contribution in [2.24, 2.45) is 5.92 Å². The van der Waals surface area contributed by atoms with Crippen molar-refractivity contribution < 1.29 is 17.9 Å². The molecule has 0 bridgehead atoms. The Morgan fingerprint density at radius 1 is 1.11 bits per heavy atom. The van der Waals surface area contributed by atoms with Crippen molar-refractivity contribution in [3.63, 3.8) is 0 Å². The molecule has 1 aliphatic heterocycles.